The highest BCUT2D eigenvalue weighted by molar-refractivity contribution is 6.23. The molecule has 4 amide bonds. The van der Waals surface area contributed by atoms with E-state index in [-0.39, 0.29) is 36.5 Å². The summed E-state index contributed by atoms with van der Waals surface area (Å²) in [6.07, 6.45) is -2.49. The summed E-state index contributed by atoms with van der Waals surface area (Å²) in [6.45, 7) is 12.0. The Morgan fingerprint density at radius 2 is 1.50 bits per heavy atom. The van der Waals surface area contributed by atoms with Gasteiger partial charge in [-0.05, 0) is 99.7 Å². The second kappa shape index (κ2) is 13.0. The van der Waals surface area contributed by atoms with E-state index in [0.29, 0.717) is 29.9 Å². The third-order valence-corrected chi connectivity index (χ3v) is 8.50. The van der Waals surface area contributed by atoms with Crippen LogP contribution in [0.25, 0.3) is 0 Å². The summed E-state index contributed by atoms with van der Waals surface area (Å²) in [4.78, 5) is 55.2. The van der Waals surface area contributed by atoms with Crippen LogP contribution < -0.4 is 15.0 Å². The number of imide groups is 1. The minimum Gasteiger partial charge on any atom is -0.460 e. The highest BCUT2D eigenvalue weighted by atomic mass is 19.4. The molecule has 0 radical (unpaired) electrons. The van der Waals surface area contributed by atoms with E-state index in [1.54, 1.807) is 49.9 Å². The van der Waals surface area contributed by atoms with Crippen LogP contribution in [0, 0.1) is 11.3 Å². The van der Waals surface area contributed by atoms with Crippen LogP contribution >= 0.6 is 0 Å². The number of nitrogens with one attached hydrogen (secondary N) is 1. The fourth-order valence-corrected chi connectivity index (χ4v) is 6.12. The van der Waals surface area contributed by atoms with Gasteiger partial charge in [0.05, 0.1) is 12.1 Å². The molecule has 250 valence electrons. The van der Waals surface area contributed by atoms with Crippen molar-refractivity contribution in [3.05, 3.63) is 59.7 Å². The average Bonchev–Trinajstić information content (AvgIpc) is 3.12. The van der Waals surface area contributed by atoms with Crippen molar-refractivity contribution >= 4 is 29.5 Å². The van der Waals surface area contributed by atoms with Gasteiger partial charge in [0.2, 0.25) is 0 Å². The molecular weight excluding hydrogens is 603 g/mol. The molecule has 2 aliphatic rings. The third kappa shape index (κ3) is 8.19. The number of amides is 4. The van der Waals surface area contributed by atoms with E-state index in [1.165, 1.54) is 12.1 Å². The van der Waals surface area contributed by atoms with Crippen LogP contribution in [0.5, 0.6) is 5.75 Å². The molecule has 2 aromatic rings. The van der Waals surface area contributed by atoms with Crippen molar-refractivity contribution in [1.82, 2.24) is 10.2 Å². The Bertz CT molecular complexity index is 1430. The summed E-state index contributed by atoms with van der Waals surface area (Å²) >= 11 is 0. The van der Waals surface area contributed by atoms with Gasteiger partial charge in [0.1, 0.15) is 16.9 Å². The minimum atomic E-state index is -4.87. The van der Waals surface area contributed by atoms with Crippen LogP contribution in [0.1, 0.15) is 89.6 Å². The molecule has 2 aromatic carbocycles. The lowest BCUT2D eigenvalue weighted by Crippen LogP contribution is -2.52. The number of alkyl halides is 3. The smallest absolute Gasteiger partial charge is 0.460 e. The van der Waals surface area contributed by atoms with Gasteiger partial charge in [0, 0.05) is 18.7 Å². The van der Waals surface area contributed by atoms with E-state index in [1.807, 2.05) is 0 Å². The van der Waals surface area contributed by atoms with Crippen LogP contribution in [0.3, 0.4) is 0 Å². The van der Waals surface area contributed by atoms with Gasteiger partial charge >= 0.3 is 18.4 Å². The molecular formula is C34H42F3N3O6. The Morgan fingerprint density at radius 1 is 0.913 bits per heavy atom. The molecule has 1 aliphatic carbocycles. The van der Waals surface area contributed by atoms with E-state index in [2.05, 4.69) is 30.8 Å². The molecule has 9 nitrogen and oxygen atoms in total. The first kappa shape index (κ1) is 34.8. The number of hydrogen-bond acceptors (Lipinski definition) is 6. The number of rotatable bonds is 8. The van der Waals surface area contributed by atoms with Gasteiger partial charge in [-0.25, -0.2) is 9.69 Å². The summed E-state index contributed by atoms with van der Waals surface area (Å²) in [5.41, 5.74) is -0.495. The van der Waals surface area contributed by atoms with Crippen molar-refractivity contribution in [2.75, 3.05) is 11.4 Å². The monoisotopic (exact) mass is 645 g/mol. The lowest BCUT2D eigenvalue weighted by atomic mass is 9.67. The summed E-state index contributed by atoms with van der Waals surface area (Å²) in [5.74, 6) is -1.30. The molecule has 1 heterocycles. The molecule has 1 saturated heterocycles. The maximum absolute atomic E-state index is 14.1. The zero-order valence-corrected chi connectivity index (χ0v) is 27.1. The minimum absolute atomic E-state index is 0.0232. The summed E-state index contributed by atoms with van der Waals surface area (Å²) in [6, 6.07) is 10.8. The number of benzene rings is 2. The van der Waals surface area contributed by atoms with Crippen LogP contribution in [-0.2, 0) is 20.9 Å². The van der Waals surface area contributed by atoms with Gasteiger partial charge in [0.25, 0.3) is 11.8 Å². The number of carbonyl (C=O) groups excluding carboxylic acids is 4. The van der Waals surface area contributed by atoms with Crippen LogP contribution in [0.15, 0.2) is 48.5 Å². The van der Waals surface area contributed by atoms with E-state index in [0.717, 1.165) is 29.9 Å². The first-order valence-electron chi connectivity index (χ1n) is 15.4. The number of urea groups is 1. The van der Waals surface area contributed by atoms with Gasteiger partial charge in [0.15, 0.2) is 0 Å². The Kier molecular flexibility index (Phi) is 9.80. The van der Waals surface area contributed by atoms with Gasteiger partial charge in [-0.2, -0.15) is 0 Å². The third-order valence-electron chi connectivity index (χ3n) is 8.50. The lowest BCUT2D eigenvalue weighted by molar-refractivity contribution is -0.274. The molecule has 1 spiro atoms. The summed E-state index contributed by atoms with van der Waals surface area (Å²) < 4.78 is 47.3. The number of nitrogens with zero attached hydrogens (tertiary/aromatic N) is 2. The second-order valence-corrected chi connectivity index (χ2v) is 14.0. The molecule has 0 aromatic heterocycles. The molecule has 46 heavy (non-hydrogen) atoms. The van der Waals surface area contributed by atoms with E-state index >= 15 is 0 Å². The zero-order chi connectivity index (χ0) is 34.1. The number of ether oxygens (including phenoxy) is 2. The van der Waals surface area contributed by atoms with E-state index in [4.69, 9.17) is 4.74 Å². The normalized spacial score (nSPS) is 20.7. The molecule has 0 atom stereocenters. The van der Waals surface area contributed by atoms with Crippen molar-refractivity contribution < 1.29 is 41.8 Å². The quantitative estimate of drug-likeness (QED) is 0.245. The predicted molar refractivity (Wildman–Crippen MR) is 165 cm³/mol. The molecule has 1 aliphatic heterocycles. The Morgan fingerprint density at radius 3 is 2.02 bits per heavy atom. The molecule has 12 heteroatoms. The predicted octanol–water partition coefficient (Wildman–Crippen LogP) is 6.99. The van der Waals surface area contributed by atoms with Crippen LogP contribution in [0.2, 0.25) is 0 Å². The second-order valence-electron chi connectivity index (χ2n) is 14.0. The molecule has 1 N–H and O–H groups in total. The van der Waals surface area contributed by atoms with Crippen molar-refractivity contribution in [2.45, 2.75) is 97.7 Å². The van der Waals surface area contributed by atoms with Crippen LogP contribution in [-0.4, -0.2) is 52.8 Å². The molecule has 0 unspecified atom stereocenters. The lowest BCUT2D eigenvalue weighted by Gasteiger charge is -2.44. The summed E-state index contributed by atoms with van der Waals surface area (Å²) in [7, 11) is 0. The van der Waals surface area contributed by atoms with Crippen molar-refractivity contribution in [3.63, 3.8) is 0 Å². The first-order chi connectivity index (χ1) is 21.3. The summed E-state index contributed by atoms with van der Waals surface area (Å²) in [5, 5.41) is 2.70. The Hall–Kier alpha value is -4.09. The van der Waals surface area contributed by atoms with Crippen molar-refractivity contribution in [1.29, 1.82) is 0 Å². The molecule has 0 bridgehead atoms. The van der Waals surface area contributed by atoms with Gasteiger partial charge < -0.3 is 19.7 Å². The number of esters is 1. The largest absolute Gasteiger partial charge is 0.573 e. The van der Waals surface area contributed by atoms with Gasteiger partial charge in [-0.1, -0.05) is 32.9 Å². The fraction of sp³-hybridized carbons (Fsp3) is 0.529. The Balaban J connectivity index is 1.52. The van der Waals surface area contributed by atoms with E-state index in [9.17, 15) is 32.3 Å². The zero-order valence-electron chi connectivity index (χ0n) is 27.1. The maximum atomic E-state index is 14.1. The van der Waals surface area contributed by atoms with Crippen molar-refractivity contribution in [3.8, 4) is 5.75 Å². The number of anilines is 1. The standard InChI is InChI=1S/C34H42F3N3O6/c1-31(2,3)24-15-18-33(19-16-24)29(43)40(25-11-13-26(14-12-25)45-34(35,36)37)30(44)39(33)21-22-7-9-23(10-8-22)28(42)38-20-17-27(41)46-32(4,5)6/h7-14,24H,15-21H2,1-6H3,(H,38,42). The fourth-order valence-electron chi connectivity index (χ4n) is 6.12. The Labute approximate surface area is 267 Å². The van der Waals surface area contributed by atoms with Gasteiger partial charge in [-0.3, -0.25) is 14.4 Å². The van der Waals surface area contributed by atoms with Crippen molar-refractivity contribution in [2.24, 2.45) is 11.3 Å². The molecule has 4 rings (SSSR count). The SMILES string of the molecule is CC(C)(C)OC(=O)CCNC(=O)c1ccc(CN2C(=O)N(c3ccc(OC(F)(F)F)cc3)C(=O)C23CCC(C(C)(C)C)CC3)cc1. The maximum Gasteiger partial charge on any atom is 0.573 e. The topological polar surface area (TPSA) is 105 Å². The molecule has 2 fully saturated rings. The molecule has 1 saturated carbocycles. The van der Waals surface area contributed by atoms with E-state index < -0.39 is 41.2 Å². The number of halogens is 3. The number of hydrogen-bond donors (Lipinski definition) is 1. The van der Waals surface area contributed by atoms with Gasteiger partial charge in [-0.15, -0.1) is 13.2 Å². The van der Waals surface area contributed by atoms with Crippen LogP contribution in [0.4, 0.5) is 23.7 Å². The highest BCUT2D eigenvalue weighted by Gasteiger charge is 2.59. The first-order valence-corrected chi connectivity index (χ1v) is 15.4. The average molecular weight is 646 g/mol. The highest BCUT2D eigenvalue weighted by Crippen LogP contribution is 2.48. The number of carbonyl (C=O) groups is 4.